The number of rotatable bonds is 9. The molecule has 0 heterocycles. The zero-order chi connectivity index (χ0) is 23.1. The molecule has 1 aliphatic carbocycles. The van der Waals surface area contributed by atoms with E-state index in [0.717, 1.165) is 53.7 Å². The van der Waals surface area contributed by atoms with Crippen LogP contribution in [0.5, 0.6) is 5.75 Å². The highest BCUT2D eigenvalue weighted by molar-refractivity contribution is 5.88. The van der Waals surface area contributed by atoms with Crippen molar-refractivity contribution in [3.8, 4) is 5.75 Å². The van der Waals surface area contributed by atoms with Crippen LogP contribution in [-0.4, -0.2) is 35.4 Å². The summed E-state index contributed by atoms with van der Waals surface area (Å²) in [4.78, 5) is 28.2. The van der Waals surface area contributed by atoms with Crippen molar-refractivity contribution in [1.29, 1.82) is 0 Å². The number of benzene rings is 2. The van der Waals surface area contributed by atoms with Crippen LogP contribution in [0.25, 0.3) is 0 Å². The van der Waals surface area contributed by atoms with E-state index >= 15 is 0 Å². The van der Waals surface area contributed by atoms with Crippen molar-refractivity contribution in [2.75, 3.05) is 6.61 Å². The lowest BCUT2D eigenvalue weighted by Crippen LogP contribution is -2.52. The Labute approximate surface area is 192 Å². The van der Waals surface area contributed by atoms with E-state index in [9.17, 15) is 9.59 Å². The van der Waals surface area contributed by atoms with Crippen LogP contribution in [0, 0.1) is 20.8 Å². The van der Waals surface area contributed by atoms with Crippen LogP contribution >= 0.6 is 0 Å². The van der Waals surface area contributed by atoms with Crippen LogP contribution in [0.3, 0.4) is 0 Å². The molecule has 0 spiro atoms. The van der Waals surface area contributed by atoms with E-state index in [2.05, 4.69) is 11.4 Å². The third kappa shape index (κ3) is 6.12. The highest BCUT2D eigenvalue weighted by Crippen LogP contribution is 2.24. The minimum Gasteiger partial charge on any atom is -0.483 e. The first kappa shape index (κ1) is 23.8. The van der Waals surface area contributed by atoms with Crippen LogP contribution < -0.4 is 10.1 Å². The fourth-order valence-electron chi connectivity index (χ4n) is 4.44. The first-order valence-electron chi connectivity index (χ1n) is 11.7. The number of hydrogen-bond acceptors (Lipinski definition) is 3. The molecule has 5 heteroatoms. The molecule has 1 atom stereocenters. The lowest BCUT2D eigenvalue weighted by atomic mass is 10.1. The minimum absolute atomic E-state index is 0.0636. The van der Waals surface area contributed by atoms with Gasteiger partial charge in [0.05, 0.1) is 0 Å². The van der Waals surface area contributed by atoms with Crippen molar-refractivity contribution < 1.29 is 14.3 Å². The smallest absolute Gasteiger partial charge is 0.261 e. The third-order valence-electron chi connectivity index (χ3n) is 6.40. The molecule has 1 unspecified atom stereocenters. The Morgan fingerprint density at radius 1 is 1.09 bits per heavy atom. The second-order valence-electron chi connectivity index (χ2n) is 8.91. The van der Waals surface area contributed by atoms with Gasteiger partial charge in [0.2, 0.25) is 5.91 Å². The Bertz CT molecular complexity index is 920. The molecule has 32 heavy (non-hydrogen) atoms. The molecule has 1 fully saturated rings. The van der Waals surface area contributed by atoms with Gasteiger partial charge in [0, 0.05) is 12.6 Å². The SMILES string of the molecule is CCC(C(=O)NC1CCCC1)N(Cc1ccccc1)C(=O)COc1cc(C)cc(C)c1C. The van der Waals surface area contributed by atoms with E-state index in [1.165, 1.54) is 0 Å². The van der Waals surface area contributed by atoms with Gasteiger partial charge in [-0.15, -0.1) is 0 Å². The predicted octanol–water partition coefficient (Wildman–Crippen LogP) is 4.86. The van der Waals surface area contributed by atoms with Gasteiger partial charge in [-0.2, -0.15) is 0 Å². The van der Waals surface area contributed by atoms with Gasteiger partial charge in [-0.25, -0.2) is 0 Å². The van der Waals surface area contributed by atoms with Crippen LogP contribution in [0.1, 0.15) is 61.3 Å². The summed E-state index contributed by atoms with van der Waals surface area (Å²) in [6, 6.07) is 13.6. The number of hydrogen-bond donors (Lipinski definition) is 1. The lowest BCUT2D eigenvalue weighted by Gasteiger charge is -2.31. The summed E-state index contributed by atoms with van der Waals surface area (Å²) >= 11 is 0. The van der Waals surface area contributed by atoms with Crippen LogP contribution in [0.15, 0.2) is 42.5 Å². The van der Waals surface area contributed by atoms with E-state index in [1.54, 1.807) is 4.90 Å². The Kier molecular flexibility index (Phi) is 8.32. The highest BCUT2D eigenvalue weighted by atomic mass is 16.5. The molecule has 0 aromatic heterocycles. The van der Waals surface area contributed by atoms with Gasteiger partial charge < -0.3 is 15.0 Å². The molecular weight excluding hydrogens is 400 g/mol. The molecule has 0 saturated heterocycles. The van der Waals surface area contributed by atoms with E-state index in [-0.39, 0.29) is 24.5 Å². The topological polar surface area (TPSA) is 58.6 Å². The molecule has 0 bridgehead atoms. The molecule has 1 N–H and O–H groups in total. The monoisotopic (exact) mass is 436 g/mol. The van der Waals surface area contributed by atoms with Crippen LogP contribution in [-0.2, 0) is 16.1 Å². The van der Waals surface area contributed by atoms with E-state index < -0.39 is 6.04 Å². The molecule has 1 aliphatic rings. The molecule has 0 radical (unpaired) electrons. The van der Waals surface area contributed by atoms with Gasteiger partial charge in [-0.1, -0.05) is 56.2 Å². The van der Waals surface area contributed by atoms with E-state index in [1.807, 2.05) is 64.1 Å². The molecule has 0 aliphatic heterocycles. The number of amides is 2. The second-order valence-corrected chi connectivity index (χ2v) is 8.91. The van der Waals surface area contributed by atoms with Crippen molar-refractivity contribution >= 4 is 11.8 Å². The largest absolute Gasteiger partial charge is 0.483 e. The summed E-state index contributed by atoms with van der Waals surface area (Å²) in [6.45, 7) is 8.30. The van der Waals surface area contributed by atoms with Crippen molar-refractivity contribution in [2.45, 2.75) is 78.4 Å². The molecule has 2 aromatic carbocycles. The summed E-state index contributed by atoms with van der Waals surface area (Å²) in [5.74, 6) is 0.478. The van der Waals surface area contributed by atoms with Crippen LogP contribution in [0.4, 0.5) is 0 Å². The summed E-state index contributed by atoms with van der Waals surface area (Å²) < 4.78 is 5.96. The quantitative estimate of drug-likeness (QED) is 0.611. The first-order chi connectivity index (χ1) is 15.4. The molecule has 172 valence electrons. The van der Waals surface area contributed by atoms with Crippen LogP contribution in [0.2, 0.25) is 0 Å². The van der Waals surface area contributed by atoms with Crippen molar-refractivity contribution in [1.82, 2.24) is 10.2 Å². The Hall–Kier alpha value is -2.82. The normalized spacial score (nSPS) is 14.8. The number of carbonyl (C=O) groups excluding carboxylic acids is 2. The van der Waals surface area contributed by atoms with E-state index in [4.69, 9.17) is 4.74 Å². The Morgan fingerprint density at radius 2 is 1.78 bits per heavy atom. The summed E-state index contributed by atoms with van der Waals surface area (Å²) in [5.41, 5.74) is 4.26. The van der Waals surface area contributed by atoms with Gasteiger partial charge in [-0.05, 0) is 68.4 Å². The van der Waals surface area contributed by atoms with Gasteiger partial charge in [0.1, 0.15) is 11.8 Å². The zero-order valence-electron chi connectivity index (χ0n) is 19.8. The Balaban J connectivity index is 1.77. The third-order valence-corrected chi connectivity index (χ3v) is 6.40. The number of nitrogens with one attached hydrogen (secondary N) is 1. The van der Waals surface area contributed by atoms with Crippen molar-refractivity contribution in [3.63, 3.8) is 0 Å². The number of nitrogens with zero attached hydrogens (tertiary/aromatic N) is 1. The number of aryl methyl sites for hydroxylation is 2. The maximum atomic E-state index is 13.4. The highest BCUT2D eigenvalue weighted by Gasteiger charge is 2.30. The lowest BCUT2D eigenvalue weighted by molar-refractivity contribution is -0.143. The summed E-state index contributed by atoms with van der Waals surface area (Å²) in [7, 11) is 0. The zero-order valence-corrected chi connectivity index (χ0v) is 19.8. The maximum absolute atomic E-state index is 13.4. The van der Waals surface area contributed by atoms with Crippen molar-refractivity contribution in [3.05, 3.63) is 64.7 Å². The van der Waals surface area contributed by atoms with Gasteiger partial charge in [0.15, 0.2) is 6.61 Å². The minimum atomic E-state index is -0.521. The Morgan fingerprint density at radius 3 is 2.44 bits per heavy atom. The fraction of sp³-hybridized carbons (Fsp3) is 0.481. The van der Waals surface area contributed by atoms with Gasteiger partial charge in [-0.3, -0.25) is 9.59 Å². The fourth-order valence-corrected chi connectivity index (χ4v) is 4.44. The van der Waals surface area contributed by atoms with Gasteiger partial charge in [0.25, 0.3) is 5.91 Å². The van der Waals surface area contributed by atoms with Crippen molar-refractivity contribution in [2.24, 2.45) is 0 Å². The molecule has 5 nitrogen and oxygen atoms in total. The number of ether oxygens (including phenoxy) is 1. The standard InChI is InChI=1S/C27H36N2O3/c1-5-24(27(31)28-23-13-9-10-14-23)29(17-22-11-7-6-8-12-22)26(30)18-32-25-16-19(2)15-20(3)21(25)4/h6-8,11-12,15-16,23-24H,5,9-10,13-14,17-18H2,1-4H3,(H,28,31). The summed E-state index contributed by atoms with van der Waals surface area (Å²) in [5, 5.41) is 3.18. The predicted molar refractivity (Wildman–Crippen MR) is 128 cm³/mol. The molecule has 2 amide bonds. The average molecular weight is 437 g/mol. The number of carbonyl (C=O) groups is 2. The van der Waals surface area contributed by atoms with Gasteiger partial charge >= 0.3 is 0 Å². The first-order valence-corrected chi connectivity index (χ1v) is 11.7. The molecular formula is C27H36N2O3. The second kappa shape index (κ2) is 11.2. The summed E-state index contributed by atoms with van der Waals surface area (Å²) in [6.07, 6.45) is 4.89. The molecule has 2 aromatic rings. The molecule has 1 saturated carbocycles. The molecule has 3 rings (SSSR count). The van der Waals surface area contributed by atoms with E-state index in [0.29, 0.717) is 13.0 Å². The average Bonchev–Trinajstić information content (AvgIpc) is 3.28. The maximum Gasteiger partial charge on any atom is 0.261 e.